The Bertz CT molecular complexity index is 551. The first-order valence-corrected chi connectivity index (χ1v) is 6.60. The molecule has 3 nitrogen and oxygen atoms in total. The van der Waals surface area contributed by atoms with Gasteiger partial charge in [-0.3, -0.25) is 0 Å². The van der Waals surface area contributed by atoms with E-state index in [0.717, 1.165) is 18.1 Å². The Morgan fingerprint density at radius 1 is 1.22 bits per heavy atom. The van der Waals surface area contributed by atoms with Gasteiger partial charge in [-0.05, 0) is 56.0 Å². The van der Waals surface area contributed by atoms with E-state index in [-0.39, 0.29) is 0 Å². The smallest absolute Gasteiger partial charge is 0.123 e. The zero-order valence-corrected chi connectivity index (χ0v) is 11.0. The molecular weight excluding hydrogens is 222 g/mol. The van der Waals surface area contributed by atoms with Crippen LogP contribution in [0.1, 0.15) is 35.8 Å². The highest BCUT2D eigenvalue weighted by molar-refractivity contribution is 5.60. The molecule has 0 aliphatic carbocycles. The molecule has 94 valence electrons. The second kappa shape index (κ2) is 4.58. The number of nitrogens with one attached hydrogen (secondary N) is 2. The Hall–Kier alpha value is -1.61. The molecule has 1 atom stereocenters. The number of rotatable bonds is 2. The van der Waals surface area contributed by atoms with Gasteiger partial charge in [-0.15, -0.1) is 0 Å². The van der Waals surface area contributed by atoms with Crippen LogP contribution in [0, 0.1) is 13.8 Å². The lowest BCUT2D eigenvalue weighted by molar-refractivity contribution is 0.613. The van der Waals surface area contributed by atoms with Crippen LogP contribution in [0.5, 0.6) is 0 Å². The van der Waals surface area contributed by atoms with Gasteiger partial charge in [-0.1, -0.05) is 12.1 Å². The predicted octanol–water partition coefficient (Wildman–Crippen LogP) is 3.12. The highest BCUT2D eigenvalue weighted by Gasteiger charge is 2.19. The van der Waals surface area contributed by atoms with Crippen LogP contribution in [-0.4, -0.2) is 16.5 Å². The normalized spacial score (nSPS) is 19.3. The van der Waals surface area contributed by atoms with Crippen molar-refractivity contribution < 1.29 is 0 Å². The van der Waals surface area contributed by atoms with Crippen LogP contribution in [0.3, 0.4) is 0 Å². The molecule has 1 saturated heterocycles. The standard InChI is InChI=1S/C15H19N3/c1-10-5-6-12(8-11(10)2)14-9-17-15(18-14)13-4-3-7-16-13/h5-6,8-9,13,16H,3-4,7H2,1-2H3,(H,17,18). The van der Waals surface area contributed by atoms with E-state index in [9.17, 15) is 0 Å². The summed E-state index contributed by atoms with van der Waals surface area (Å²) in [6, 6.07) is 6.94. The molecule has 2 N–H and O–H groups in total. The summed E-state index contributed by atoms with van der Waals surface area (Å²) in [5.74, 6) is 1.07. The van der Waals surface area contributed by atoms with Crippen LogP contribution >= 0.6 is 0 Å². The second-order valence-electron chi connectivity index (χ2n) is 5.13. The van der Waals surface area contributed by atoms with E-state index in [1.807, 2.05) is 6.20 Å². The van der Waals surface area contributed by atoms with E-state index >= 15 is 0 Å². The minimum Gasteiger partial charge on any atom is -0.341 e. The average Bonchev–Trinajstić information content (AvgIpc) is 3.01. The average molecular weight is 241 g/mol. The van der Waals surface area contributed by atoms with Gasteiger partial charge in [0.15, 0.2) is 0 Å². The third-order valence-corrected chi connectivity index (χ3v) is 3.80. The molecular formula is C15H19N3. The number of aryl methyl sites for hydroxylation is 2. The van der Waals surface area contributed by atoms with Crippen molar-refractivity contribution in [2.45, 2.75) is 32.7 Å². The van der Waals surface area contributed by atoms with E-state index in [1.54, 1.807) is 0 Å². The van der Waals surface area contributed by atoms with Gasteiger partial charge < -0.3 is 10.3 Å². The molecule has 0 saturated carbocycles. The lowest BCUT2D eigenvalue weighted by atomic mass is 10.0. The number of hydrogen-bond donors (Lipinski definition) is 2. The van der Waals surface area contributed by atoms with Gasteiger partial charge >= 0.3 is 0 Å². The Balaban J connectivity index is 1.89. The fourth-order valence-corrected chi connectivity index (χ4v) is 2.49. The van der Waals surface area contributed by atoms with Gasteiger partial charge in [0, 0.05) is 0 Å². The van der Waals surface area contributed by atoms with Crippen molar-refractivity contribution in [1.82, 2.24) is 15.3 Å². The first-order valence-electron chi connectivity index (χ1n) is 6.60. The largest absolute Gasteiger partial charge is 0.341 e. The molecule has 0 amide bonds. The molecule has 3 heteroatoms. The van der Waals surface area contributed by atoms with Crippen LogP contribution in [-0.2, 0) is 0 Å². The predicted molar refractivity (Wildman–Crippen MR) is 73.5 cm³/mol. The van der Waals surface area contributed by atoms with E-state index in [1.165, 1.54) is 29.5 Å². The van der Waals surface area contributed by atoms with Crippen LogP contribution in [0.4, 0.5) is 0 Å². The lowest BCUT2D eigenvalue weighted by Gasteiger charge is -2.06. The van der Waals surface area contributed by atoms with Gasteiger partial charge in [0.1, 0.15) is 5.82 Å². The van der Waals surface area contributed by atoms with Crippen LogP contribution in [0.15, 0.2) is 24.4 Å². The van der Waals surface area contributed by atoms with Crippen molar-refractivity contribution in [1.29, 1.82) is 0 Å². The molecule has 18 heavy (non-hydrogen) atoms. The Morgan fingerprint density at radius 3 is 2.83 bits per heavy atom. The molecule has 0 radical (unpaired) electrons. The van der Waals surface area contributed by atoms with Gasteiger partial charge in [0.05, 0.1) is 17.9 Å². The quantitative estimate of drug-likeness (QED) is 0.848. The number of hydrogen-bond acceptors (Lipinski definition) is 2. The molecule has 1 aliphatic heterocycles. The van der Waals surface area contributed by atoms with E-state index in [4.69, 9.17) is 0 Å². The van der Waals surface area contributed by atoms with E-state index in [0.29, 0.717) is 6.04 Å². The third kappa shape index (κ3) is 2.06. The minimum absolute atomic E-state index is 0.408. The molecule has 1 fully saturated rings. The molecule has 1 aromatic carbocycles. The molecule has 0 bridgehead atoms. The van der Waals surface area contributed by atoms with Crippen molar-refractivity contribution in [2.75, 3.05) is 6.54 Å². The maximum Gasteiger partial charge on any atom is 0.123 e. The summed E-state index contributed by atoms with van der Waals surface area (Å²) in [6.07, 6.45) is 4.36. The summed E-state index contributed by atoms with van der Waals surface area (Å²) in [5.41, 5.74) is 4.98. The number of imidazole rings is 1. The van der Waals surface area contributed by atoms with Crippen molar-refractivity contribution in [3.8, 4) is 11.3 Å². The minimum atomic E-state index is 0.408. The van der Waals surface area contributed by atoms with Crippen LogP contribution in [0.25, 0.3) is 11.3 Å². The highest BCUT2D eigenvalue weighted by atomic mass is 15.0. The Labute approximate surface area is 108 Å². The monoisotopic (exact) mass is 241 g/mol. The van der Waals surface area contributed by atoms with Gasteiger partial charge in [0.2, 0.25) is 0 Å². The van der Waals surface area contributed by atoms with Crippen LogP contribution in [0.2, 0.25) is 0 Å². The summed E-state index contributed by atoms with van der Waals surface area (Å²) < 4.78 is 0. The van der Waals surface area contributed by atoms with Gasteiger partial charge in [-0.2, -0.15) is 0 Å². The molecule has 1 aliphatic rings. The molecule has 2 heterocycles. The Morgan fingerprint density at radius 2 is 2.11 bits per heavy atom. The first kappa shape index (κ1) is 11.5. The molecule has 0 spiro atoms. The summed E-state index contributed by atoms with van der Waals surface area (Å²) in [4.78, 5) is 7.95. The fourth-order valence-electron chi connectivity index (χ4n) is 2.49. The molecule has 2 aromatic rings. The number of aromatic amines is 1. The highest BCUT2D eigenvalue weighted by Crippen LogP contribution is 2.25. The molecule has 1 aromatic heterocycles. The van der Waals surface area contributed by atoms with Crippen LogP contribution < -0.4 is 5.32 Å². The maximum atomic E-state index is 4.51. The number of nitrogens with zero attached hydrogens (tertiary/aromatic N) is 1. The summed E-state index contributed by atoms with van der Waals surface area (Å²) in [5, 5.41) is 3.46. The zero-order valence-electron chi connectivity index (χ0n) is 11.0. The van der Waals surface area contributed by atoms with Crippen molar-refractivity contribution in [3.63, 3.8) is 0 Å². The van der Waals surface area contributed by atoms with E-state index < -0.39 is 0 Å². The fraction of sp³-hybridized carbons (Fsp3) is 0.400. The van der Waals surface area contributed by atoms with E-state index in [2.05, 4.69) is 47.3 Å². The number of aromatic nitrogens is 2. The second-order valence-corrected chi connectivity index (χ2v) is 5.13. The number of benzene rings is 1. The molecule has 1 unspecified atom stereocenters. The summed E-state index contributed by atoms with van der Waals surface area (Å²) >= 11 is 0. The lowest BCUT2D eigenvalue weighted by Crippen LogP contribution is -2.14. The topological polar surface area (TPSA) is 40.7 Å². The van der Waals surface area contributed by atoms with Gasteiger partial charge in [-0.25, -0.2) is 4.98 Å². The molecule has 3 rings (SSSR count). The number of H-pyrrole nitrogens is 1. The summed E-state index contributed by atoms with van der Waals surface area (Å²) in [6.45, 7) is 5.39. The van der Waals surface area contributed by atoms with Crippen molar-refractivity contribution in [2.24, 2.45) is 0 Å². The van der Waals surface area contributed by atoms with Crippen molar-refractivity contribution >= 4 is 0 Å². The van der Waals surface area contributed by atoms with Gasteiger partial charge in [0.25, 0.3) is 0 Å². The zero-order chi connectivity index (χ0) is 12.5. The Kier molecular flexibility index (Phi) is 2.92. The van der Waals surface area contributed by atoms with Crippen molar-refractivity contribution in [3.05, 3.63) is 41.3 Å². The summed E-state index contributed by atoms with van der Waals surface area (Å²) in [7, 11) is 0. The first-order chi connectivity index (χ1) is 8.74. The third-order valence-electron chi connectivity index (χ3n) is 3.80. The SMILES string of the molecule is Cc1ccc(-c2cnc(C3CCCN3)[nH]2)cc1C. The maximum absolute atomic E-state index is 4.51.